The van der Waals surface area contributed by atoms with Crippen LogP contribution >= 0.6 is 0 Å². The second kappa shape index (κ2) is 9.73. The van der Waals surface area contributed by atoms with Gasteiger partial charge in [0.05, 0.1) is 4.92 Å². The van der Waals surface area contributed by atoms with Crippen LogP contribution in [0.3, 0.4) is 0 Å². The van der Waals surface area contributed by atoms with Crippen molar-refractivity contribution in [3.8, 4) is 0 Å². The van der Waals surface area contributed by atoms with E-state index < -0.39 is 22.7 Å². The van der Waals surface area contributed by atoms with E-state index in [-0.39, 0.29) is 17.6 Å². The summed E-state index contributed by atoms with van der Waals surface area (Å²) in [6.45, 7) is 10.4. The topological polar surface area (TPSA) is 112 Å². The van der Waals surface area contributed by atoms with Gasteiger partial charge in [0.1, 0.15) is 23.7 Å². The molecule has 0 spiro atoms. The predicted octanol–water partition coefficient (Wildman–Crippen LogP) is 2.11. The summed E-state index contributed by atoms with van der Waals surface area (Å²) in [7, 11) is 0. The highest BCUT2D eigenvalue weighted by Crippen LogP contribution is 2.28. The molecule has 0 unspecified atom stereocenters. The highest BCUT2D eigenvalue weighted by Gasteiger charge is 2.45. The molecule has 0 radical (unpaired) electrons. The third-order valence-corrected chi connectivity index (χ3v) is 6.71. The van der Waals surface area contributed by atoms with E-state index in [4.69, 9.17) is 4.74 Å². The van der Waals surface area contributed by atoms with Crippen molar-refractivity contribution in [2.24, 2.45) is 0 Å². The van der Waals surface area contributed by atoms with Crippen molar-refractivity contribution >= 4 is 23.5 Å². The molecular weight excluding hydrogens is 440 g/mol. The fourth-order valence-corrected chi connectivity index (χ4v) is 4.97. The first kappa shape index (κ1) is 24.2. The molecule has 3 aliphatic rings. The molecule has 0 aliphatic carbocycles. The first-order chi connectivity index (χ1) is 16.1. The summed E-state index contributed by atoms with van der Waals surface area (Å²) in [5.74, 6) is 0.744. The molecule has 1 aromatic heterocycles. The van der Waals surface area contributed by atoms with Crippen molar-refractivity contribution in [3.63, 3.8) is 0 Å². The lowest BCUT2D eigenvalue weighted by Crippen LogP contribution is -2.51. The van der Waals surface area contributed by atoms with Gasteiger partial charge in [0.2, 0.25) is 5.91 Å². The first-order valence-corrected chi connectivity index (χ1v) is 12.0. The van der Waals surface area contributed by atoms with Gasteiger partial charge in [-0.1, -0.05) is 0 Å². The zero-order valence-electron chi connectivity index (χ0n) is 20.2. The Labute approximate surface area is 199 Å². The minimum Gasteiger partial charge on any atom is -0.444 e. The largest absolute Gasteiger partial charge is 0.444 e. The Hall–Kier alpha value is -2.95. The zero-order valence-corrected chi connectivity index (χ0v) is 20.2. The number of aromatic nitrogens is 1. The Morgan fingerprint density at radius 1 is 1.09 bits per heavy atom. The van der Waals surface area contributed by atoms with E-state index in [0.717, 1.165) is 52.1 Å². The number of carbonyl (C=O) groups is 2. The molecule has 0 N–H and O–H groups in total. The Bertz CT molecular complexity index is 903. The van der Waals surface area contributed by atoms with Crippen molar-refractivity contribution in [3.05, 3.63) is 28.4 Å². The number of hydrogen-bond donors (Lipinski definition) is 0. The average Bonchev–Trinajstić information content (AvgIpc) is 3.48. The van der Waals surface area contributed by atoms with Gasteiger partial charge in [-0.2, -0.15) is 0 Å². The quantitative estimate of drug-likeness (QED) is 0.482. The van der Waals surface area contributed by atoms with Gasteiger partial charge in [-0.3, -0.25) is 24.7 Å². The minimum atomic E-state index is -0.625. The molecule has 34 heavy (non-hydrogen) atoms. The van der Waals surface area contributed by atoms with E-state index in [0.29, 0.717) is 18.8 Å². The van der Waals surface area contributed by atoms with Crippen LogP contribution in [0.25, 0.3) is 0 Å². The van der Waals surface area contributed by atoms with Crippen molar-refractivity contribution in [1.82, 2.24) is 19.7 Å². The van der Waals surface area contributed by atoms with Crippen molar-refractivity contribution < 1.29 is 19.2 Å². The number of rotatable bonds is 4. The van der Waals surface area contributed by atoms with Gasteiger partial charge in [-0.25, -0.2) is 9.78 Å². The van der Waals surface area contributed by atoms with Crippen molar-refractivity contribution in [2.45, 2.75) is 57.7 Å². The predicted molar refractivity (Wildman–Crippen MR) is 126 cm³/mol. The Kier molecular flexibility index (Phi) is 6.92. The summed E-state index contributed by atoms with van der Waals surface area (Å²) in [6.07, 6.45) is 3.47. The third kappa shape index (κ3) is 5.40. The van der Waals surface area contributed by atoms with Gasteiger partial charge < -0.3 is 14.5 Å². The number of ether oxygens (including phenoxy) is 1. The number of pyridine rings is 1. The summed E-state index contributed by atoms with van der Waals surface area (Å²) in [6, 6.07) is 2.74. The van der Waals surface area contributed by atoms with Crippen LogP contribution in [-0.2, 0) is 9.53 Å². The molecule has 11 heteroatoms. The van der Waals surface area contributed by atoms with Crippen molar-refractivity contribution in [2.75, 3.05) is 50.7 Å². The lowest BCUT2D eigenvalue weighted by Gasteiger charge is -2.38. The number of nitro groups is 1. The average molecular weight is 475 g/mol. The molecule has 2 atom stereocenters. The summed E-state index contributed by atoms with van der Waals surface area (Å²) in [5.41, 5.74) is -0.649. The summed E-state index contributed by atoms with van der Waals surface area (Å²) < 4.78 is 5.64. The maximum Gasteiger partial charge on any atom is 0.411 e. The van der Waals surface area contributed by atoms with E-state index in [1.807, 2.05) is 25.7 Å². The van der Waals surface area contributed by atoms with E-state index >= 15 is 0 Å². The van der Waals surface area contributed by atoms with Gasteiger partial charge in [0, 0.05) is 57.9 Å². The van der Waals surface area contributed by atoms with Crippen LogP contribution < -0.4 is 4.90 Å². The van der Waals surface area contributed by atoms with Crippen LogP contribution in [0, 0.1) is 10.1 Å². The fourth-order valence-electron chi connectivity index (χ4n) is 4.97. The van der Waals surface area contributed by atoms with Crippen LogP contribution in [0.15, 0.2) is 18.3 Å². The zero-order chi connectivity index (χ0) is 24.5. The molecule has 3 saturated heterocycles. The van der Waals surface area contributed by atoms with Gasteiger partial charge in [0.25, 0.3) is 5.69 Å². The highest BCUT2D eigenvalue weighted by atomic mass is 16.6. The monoisotopic (exact) mass is 474 g/mol. The number of amides is 2. The molecule has 3 fully saturated rings. The smallest absolute Gasteiger partial charge is 0.411 e. The van der Waals surface area contributed by atoms with Crippen LogP contribution in [0.4, 0.5) is 16.3 Å². The van der Waals surface area contributed by atoms with Gasteiger partial charge >= 0.3 is 6.09 Å². The van der Waals surface area contributed by atoms with Gasteiger partial charge in [-0.05, 0) is 46.1 Å². The lowest BCUT2D eigenvalue weighted by atomic mass is 10.1. The van der Waals surface area contributed by atoms with Crippen molar-refractivity contribution in [1.29, 1.82) is 0 Å². The highest BCUT2D eigenvalue weighted by molar-refractivity contribution is 5.86. The van der Waals surface area contributed by atoms with E-state index in [1.165, 1.54) is 12.3 Å². The number of nitrogens with zero attached hydrogens (tertiary/aromatic N) is 6. The number of likely N-dealkylation sites (tertiary alicyclic amines) is 2. The molecule has 2 amide bonds. The maximum absolute atomic E-state index is 13.3. The summed E-state index contributed by atoms with van der Waals surface area (Å²) in [4.78, 5) is 48.8. The molecule has 1 aromatic rings. The van der Waals surface area contributed by atoms with Crippen LogP contribution in [0.1, 0.15) is 40.0 Å². The second-order valence-corrected chi connectivity index (χ2v) is 10.2. The Morgan fingerprint density at radius 3 is 2.32 bits per heavy atom. The Morgan fingerprint density at radius 2 is 1.76 bits per heavy atom. The molecule has 3 aliphatic heterocycles. The van der Waals surface area contributed by atoms with Crippen LogP contribution in [-0.4, -0.2) is 100 Å². The summed E-state index contributed by atoms with van der Waals surface area (Å²) >= 11 is 0. The third-order valence-electron chi connectivity index (χ3n) is 6.71. The molecule has 186 valence electrons. The normalized spacial score (nSPS) is 23.9. The SMILES string of the molecule is CC(C)(C)OC(=O)N1C[C@@H](N2CCN(c3ccc([N+](=O)[O-])cn3)CC2)C[C@H]1C(=O)N1CCCC1. The molecule has 4 heterocycles. The standard InChI is InChI=1S/C23H34N6O5/c1-23(2,3)34-22(31)28-16-18(14-19(28)21(30)27-8-4-5-9-27)25-10-12-26(13-11-25)20-7-6-17(15-24-20)29(32)33/h6-7,15,18-19H,4-5,8-14,16H2,1-3H3/t18-,19-/m0/s1. The maximum atomic E-state index is 13.3. The van der Waals surface area contributed by atoms with E-state index in [9.17, 15) is 19.7 Å². The number of carbonyl (C=O) groups excluding carboxylic acids is 2. The van der Waals surface area contributed by atoms with E-state index in [1.54, 1.807) is 11.0 Å². The molecule has 0 saturated carbocycles. The molecule has 4 rings (SSSR count). The number of hydrogen-bond acceptors (Lipinski definition) is 8. The lowest BCUT2D eigenvalue weighted by molar-refractivity contribution is -0.385. The fraction of sp³-hybridized carbons (Fsp3) is 0.696. The van der Waals surface area contributed by atoms with Gasteiger partial charge in [-0.15, -0.1) is 0 Å². The number of piperazine rings is 1. The van der Waals surface area contributed by atoms with Gasteiger partial charge in [0.15, 0.2) is 0 Å². The molecular formula is C23H34N6O5. The van der Waals surface area contributed by atoms with Crippen LogP contribution in [0.2, 0.25) is 0 Å². The molecule has 0 bridgehead atoms. The summed E-state index contributed by atoms with van der Waals surface area (Å²) in [5, 5.41) is 10.9. The number of anilines is 1. The van der Waals surface area contributed by atoms with E-state index in [2.05, 4.69) is 14.8 Å². The second-order valence-electron chi connectivity index (χ2n) is 10.2. The molecule has 0 aromatic carbocycles. The first-order valence-electron chi connectivity index (χ1n) is 12.0. The minimum absolute atomic E-state index is 0.0238. The molecule has 11 nitrogen and oxygen atoms in total. The Balaban J connectivity index is 1.41. The van der Waals surface area contributed by atoms with Crippen LogP contribution in [0.5, 0.6) is 0 Å².